The molecular formula is C12H11NO2S. The average molecular weight is 233 g/mol. The summed E-state index contributed by atoms with van der Waals surface area (Å²) in [7, 11) is 0. The van der Waals surface area contributed by atoms with Gasteiger partial charge in [0.25, 0.3) is 0 Å². The number of aryl methyl sites for hydroxylation is 2. The van der Waals surface area contributed by atoms with E-state index in [2.05, 4.69) is 4.98 Å². The molecule has 0 aliphatic heterocycles. The van der Waals surface area contributed by atoms with Crippen molar-refractivity contribution in [1.82, 2.24) is 4.98 Å². The molecule has 82 valence electrons. The molecule has 0 aliphatic carbocycles. The van der Waals surface area contributed by atoms with Gasteiger partial charge in [0.15, 0.2) is 0 Å². The molecule has 2 rings (SSSR count). The molecule has 4 heteroatoms. The second-order valence-electron chi connectivity index (χ2n) is 3.49. The van der Waals surface area contributed by atoms with E-state index in [-0.39, 0.29) is 0 Å². The Bertz CT molecular complexity index is 546. The van der Waals surface area contributed by atoms with Gasteiger partial charge in [-0.25, -0.2) is 9.78 Å². The number of carboxylic acid groups (broad SMARTS) is 1. The highest BCUT2D eigenvalue weighted by molar-refractivity contribution is 7.11. The van der Waals surface area contributed by atoms with Gasteiger partial charge in [-0.2, -0.15) is 0 Å². The minimum atomic E-state index is -0.916. The van der Waals surface area contributed by atoms with Gasteiger partial charge in [-0.1, -0.05) is 18.2 Å². The Morgan fingerprint density at radius 3 is 2.56 bits per heavy atom. The average Bonchev–Trinajstić information content (AvgIpc) is 2.57. The van der Waals surface area contributed by atoms with Crippen LogP contribution in [0.25, 0.3) is 11.3 Å². The molecule has 2 aromatic rings. The second-order valence-corrected chi connectivity index (χ2v) is 4.90. The van der Waals surface area contributed by atoms with Crippen LogP contribution in [0.4, 0.5) is 0 Å². The number of aromatic carboxylic acids is 1. The maximum Gasteiger partial charge on any atom is 0.336 e. The van der Waals surface area contributed by atoms with Gasteiger partial charge < -0.3 is 5.11 Å². The number of carboxylic acids is 1. The van der Waals surface area contributed by atoms with Crippen LogP contribution in [0, 0.1) is 13.8 Å². The molecule has 0 spiro atoms. The molecule has 1 N–H and O–H groups in total. The number of carbonyl (C=O) groups is 1. The third-order valence-corrected chi connectivity index (χ3v) is 3.20. The number of nitrogens with zero attached hydrogens (tertiary/aromatic N) is 1. The monoisotopic (exact) mass is 233 g/mol. The van der Waals surface area contributed by atoms with Crippen molar-refractivity contribution in [3.05, 3.63) is 39.7 Å². The van der Waals surface area contributed by atoms with Crippen molar-refractivity contribution < 1.29 is 9.90 Å². The van der Waals surface area contributed by atoms with Crippen LogP contribution in [0.15, 0.2) is 24.3 Å². The van der Waals surface area contributed by atoms with Crippen molar-refractivity contribution >= 4 is 17.3 Å². The third kappa shape index (κ3) is 1.84. The summed E-state index contributed by atoms with van der Waals surface area (Å²) in [5.74, 6) is -0.916. The topological polar surface area (TPSA) is 50.2 Å². The number of benzene rings is 1. The maximum absolute atomic E-state index is 11.1. The standard InChI is InChI=1S/C12H11NO2S/c1-7-11(13-8(2)16-7)9-5-3-4-6-10(9)12(14)15/h3-6H,1-2H3,(H,14,15). The summed E-state index contributed by atoms with van der Waals surface area (Å²) in [5.41, 5.74) is 1.77. The molecule has 1 aromatic heterocycles. The predicted octanol–water partition coefficient (Wildman–Crippen LogP) is 3.13. The highest BCUT2D eigenvalue weighted by Gasteiger charge is 2.15. The molecule has 1 aromatic carbocycles. The van der Waals surface area contributed by atoms with Crippen LogP contribution < -0.4 is 0 Å². The largest absolute Gasteiger partial charge is 0.478 e. The van der Waals surface area contributed by atoms with Crippen LogP contribution >= 0.6 is 11.3 Å². The predicted molar refractivity (Wildman–Crippen MR) is 64.0 cm³/mol. The fourth-order valence-corrected chi connectivity index (χ4v) is 2.49. The Labute approximate surface area is 97.4 Å². The normalized spacial score (nSPS) is 10.4. The first kappa shape index (κ1) is 10.8. The SMILES string of the molecule is Cc1nc(-c2ccccc2C(=O)O)c(C)s1. The van der Waals surface area contributed by atoms with E-state index < -0.39 is 5.97 Å². The summed E-state index contributed by atoms with van der Waals surface area (Å²) in [5, 5.41) is 10.1. The van der Waals surface area contributed by atoms with Gasteiger partial charge in [-0.3, -0.25) is 0 Å². The van der Waals surface area contributed by atoms with Crippen molar-refractivity contribution in [2.24, 2.45) is 0 Å². The highest BCUT2D eigenvalue weighted by atomic mass is 32.1. The summed E-state index contributed by atoms with van der Waals surface area (Å²) in [6.45, 7) is 3.88. The quantitative estimate of drug-likeness (QED) is 0.867. The lowest BCUT2D eigenvalue weighted by Crippen LogP contribution is -1.99. The molecular weight excluding hydrogens is 222 g/mol. The van der Waals surface area contributed by atoms with Crippen LogP contribution in [0.5, 0.6) is 0 Å². The molecule has 1 heterocycles. The van der Waals surface area contributed by atoms with Gasteiger partial charge in [-0.15, -0.1) is 11.3 Å². The van der Waals surface area contributed by atoms with Gasteiger partial charge in [0.2, 0.25) is 0 Å². The van der Waals surface area contributed by atoms with E-state index in [1.807, 2.05) is 19.9 Å². The van der Waals surface area contributed by atoms with E-state index in [9.17, 15) is 4.79 Å². The van der Waals surface area contributed by atoms with Crippen molar-refractivity contribution in [3.8, 4) is 11.3 Å². The summed E-state index contributed by atoms with van der Waals surface area (Å²) >= 11 is 1.58. The van der Waals surface area contributed by atoms with E-state index in [1.54, 1.807) is 29.5 Å². The molecule has 0 saturated carbocycles. The van der Waals surface area contributed by atoms with E-state index in [1.165, 1.54) is 0 Å². The minimum Gasteiger partial charge on any atom is -0.478 e. The maximum atomic E-state index is 11.1. The van der Waals surface area contributed by atoms with Crippen LogP contribution in [-0.4, -0.2) is 16.1 Å². The molecule has 0 fully saturated rings. The van der Waals surface area contributed by atoms with Gasteiger partial charge in [0.1, 0.15) is 0 Å². The fraction of sp³-hybridized carbons (Fsp3) is 0.167. The molecule has 0 unspecified atom stereocenters. The van der Waals surface area contributed by atoms with Crippen molar-refractivity contribution in [3.63, 3.8) is 0 Å². The lowest BCUT2D eigenvalue weighted by molar-refractivity contribution is 0.0697. The zero-order valence-corrected chi connectivity index (χ0v) is 9.84. The van der Waals surface area contributed by atoms with Crippen LogP contribution in [0.3, 0.4) is 0 Å². The zero-order valence-electron chi connectivity index (χ0n) is 9.02. The molecule has 16 heavy (non-hydrogen) atoms. The van der Waals surface area contributed by atoms with E-state index in [0.29, 0.717) is 11.1 Å². The Morgan fingerprint density at radius 2 is 2.00 bits per heavy atom. The Balaban J connectivity index is 2.64. The number of rotatable bonds is 2. The van der Waals surface area contributed by atoms with Gasteiger partial charge >= 0.3 is 5.97 Å². The Kier molecular flexibility index (Phi) is 2.75. The van der Waals surface area contributed by atoms with Crippen molar-refractivity contribution in [2.45, 2.75) is 13.8 Å². The summed E-state index contributed by atoms with van der Waals surface area (Å²) in [6.07, 6.45) is 0. The van der Waals surface area contributed by atoms with Crippen molar-refractivity contribution in [2.75, 3.05) is 0 Å². The number of hydrogen-bond donors (Lipinski definition) is 1. The van der Waals surface area contributed by atoms with Crippen LogP contribution in [0.2, 0.25) is 0 Å². The summed E-state index contributed by atoms with van der Waals surface area (Å²) < 4.78 is 0. The van der Waals surface area contributed by atoms with E-state index in [4.69, 9.17) is 5.11 Å². The molecule has 0 saturated heterocycles. The first-order chi connectivity index (χ1) is 7.59. The van der Waals surface area contributed by atoms with Gasteiger partial charge in [0, 0.05) is 10.4 Å². The Hall–Kier alpha value is -1.68. The molecule has 3 nitrogen and oxygen atoms in total. The third-order valence-electron chi connectivity index (χ3n) is 2.32. The second kappa shape index (κ2) is 4.06. The number of thiazole rings is 1. The number of aromatic nitrogens is 1. The molecule has 0 bridgehead atoms. The van der Waals surface area contributed by atoms with Crippen LogP contribution in [0.1, 0.15) is 20.2 Å². The molecule has 0 amide bonds. The van der Waals surface area contributed by atoms with Gasteiger partial charge in [-0.05, 0) is 19.9 Å². The van der Waals surface area contributed by atoms with E-state index in [0.717, 1.165) is 15.6 Å². The first-order valence-corrected chi connectivity index (χ1v) is 5.68. The Morgan fingerprint density at radius 1 is 1.31 bits per heavy atom. The smallest absolute Gasteiger partial charge is 0.336 e. The fourth-order valence-electron chi connectivity index (χ4n) is 1.65. The van der Waals surface area contributed by atoms with Crippen LogP contribution in [-0.2, 0) is 0 Å². The number of hydrogen-bond acceptors (Lipinski definition) is 3. The first-order valence-electron chi connectivity index (χ1n) is 4.86. The van der Waals surface area contributed by atoms with Gasteiger partial charge in [0.05, 0.1) is 16.3 Å². The minimum absolute atomic E-state index is 0.302. The lowest BCUT2D eigenvalue weighted by atomic mass is 10.0. The molecule has 0 radical (unpaired) electrons. The molecule has 0 aliphatic rings. The zero-order chi connectivity index (χ0) is 11.7. The highest BCUT2D eigenvalue weighted by Crippen LogP contribution is 2.29. The lowest BCUT2D eigenvalue weighted by Gasteiger charge is -2.03. The summed E-state index contributed by atoms with van der Waals surface area (Å²) in [6, 6.07) is 6.95. The summed E-state index contributed by atoms with van der Waals surface area (Å²) in [4.78, 5) is 16.5. The molecule has 0 atom stereocenters. The van der Waals surface area contributed by atoms with E-state index >= 15 is 0 Å². The van der Waals surface area contributed by atoms with Crippen molar-refractivity contribution in [1.29, 1.82) is 0 Å².